The number of ether oxygens (including phenoxy) is 2. The second-order valence-electron chi connectivity index (χ2n) is 6.93. The van der Waals surface area contributed by atoms with Crippen LogP contribution in [-0.4, -0.2) is 55.7 Å². The van der Waals surface area contributed by atoms with Gasteiger partial charge in [-0.3, -0.25) is 4.79 Å². The molecule has 1 aliphatic rings. The molecule has 2 heterocycles. The number of nitrogens with zero attached hydrogens (tertiary/aromatic N) is 3. The Morgan fingerprint density at radius 1 is 1.10 bits per heavy atom. The van der Waals surface area contributed by atoms with Crippen LogP contribution in [0.15, 0.2) is 42.5 Å². The predicted molar refractivity (Wildman–Crippen MR) is 116 cm³/mol. The summed E-state index contributed by atoms with van der Waals surface area (Å²) in [7, 11) is 1.64. The summed E-state index contributed by atoms with van der Waals surface area (Å²) in [6.07, 6.45) is 0.419. The van der Waals surface area contributed by atoms with Crippen LogP contribution in [0.1, 0.15) is 12.5 Å². The highest BCUT2D eigenvalue weighted by Crippen LogP contribution is 2.34. The van der Waals surface area contributed by atoms with Gasteiger partial charge in [0.1, 0.15) is 17.0 Å². The van der Waals surface area contributed by atoms with Crippen molar-refractivity contribution in [2.75, 3.05) is 44.8 Å². The molecule has 1 fully saturated rings. The van der Waals surface area contributed by atoms with Gasteiger partial charge in [0.05, 0.1) is 24.8 Å². The average Bonchev–Trinajstić information content (AvgIpc) is 3.20. The van der Waals surface area contributed by atoms with E-state index in [-0.39, 0.29) is 5.91 Å². The van der Waals surface area contributed by atoms with E-state index in [0.29, 0.717) is 26.1 Å². The zero-order chi connectivity index (χ0) is 20.2. The standard InChI is InChI=1S/C22H25N3O3S/c1-3-28-18-5-4-6-19-21(18)23-22(29-19)25-13-11-24(12-14-25)20(26)15-16-7-9-17(27-2)10-8-16/h4-10H,3,11-15H2,1-2H3. The molecule has 1 aromatic heterocycles. The molecule has 152 valence electrons. The number of carbonyl (C=O) groups excluding carboxylic acids is 1. The number of thiazole rings is 1. The van der Waals surface area contributed by atoms with Crippen LogP contribution in [0.4, 0.5) is 5.13 Å². The van der Waals surface area contributed by atoms with Gasteiger partial charge >= 0.3 is 0 Å². The van der Waals surface area contributed by atoms with Crippen LogP contribution >= 0.6 is 11.3 Å². The van der Waals surface area contributed by atoms with E-state index in [9.17, 15) is 4.79 Å². The Labute approximate surface area is 174 Å². The molecular formula is C22H25N3O3S. The third kappa shape index (κ3) is 4.29. The fourth-order valence-electron chi connectivity index (χ4n) is 3.50. The molecular weight excluding hydrogens is 386 g/mol. The number of para-hydroxylation sites is 1. The van der Waals surface area contributed by atoms with Crippen LogP contribution in [0.3, 0.4) is 0 Å². The van der Waals surface area contributed by atoms with Gasteiger partial charge in [0.2, 0.25) is 5.91 Å². The number of piperazine rings is 1. The average molecular weight is 412 g/mol. The minimum Gasteiger partial charge on any atom is -0.497 e. The number of benzene rings is 2. The van der Waals surface area contributed by atoms with Crippen LogP contribution < -0.4 is 14.4 Å². The number of hydrogen-bond donors (Lipinski definition) is 0. The number of fused-ring (bicyclic) bond motifs is 1. The second kappa shape index (κ2) is 8.69. The summed E-state index contributed by atoms with van der Waals surface area (Å²) >= 11 is 1.68. The number of rotatable bonds is 6. The fraction of sp³-hybridized carbons (Fsp3) is 0.364. The number of hydrogen-bond acceptors (Lipinski definition) is 6. The monoisotopic (exact) mass is 411 g/mol. The number of methoxy groups -OCH3 is 1. The summed E-state index contributed by atoms with van der Waals surface area (Å²) in [4.78, 5) is 21.7. The highest BCUT2D eigenvalue weighted by atomic mass is 32.1. The molecule has 7 heteroatoms. The molecule has 6 nitrogen and oxygen atoms in total. The van der Waals surface area contributed by atoms with E-state index < -0.39 is 0 Å². The van der Waals surface area contributed by atoms with E-state index in [4.69, 9.17) is 14.5 Å². The van der Waals surface area contributed by atoms with Crippen molar-refractivity contribution in [3.05, 3.63) is 48.0 Å². The number of aromatic nitrogens is 1. The summed E-state index contributed by atoms with van der Waals surface area (Å²) < 4.78 is 12.0. The highest BCUT2D eigenvalue weighted by Gasteiger charge is 2.23. The first-order valence-corrected chi connectivity index (χ1v) is 10.7. The second-order valence-corrected chi connectivity index (χ2v) is 7.93. The van der Waals surface area contributed by atoms with E-state index in [2.05, 4.69) is 11.0 Å². The lowest BCUT2D eigenvalue weighted by Gasteiger charge is -2.34. The zero-order valence-corrected chi connectivity index (χ0v) is 17.6. The van der Waals surface area contributed by atoms with Crippen molar-refractivity contribution in [2.24, 2.45) is 0 Å². The molecule has 1 saturated heterocycles. The van der Waals surface area contributed by atoms with Crippen molar-refractivity contribution < 1.29 is 14.3 Å². The SMILES string of the molecule is CCOc1cccc2sc(N3CCN(C(=O)Cc4ccc(OC)cc4)CC3)nc12. The molecule has 0 spiro atoms. The van der Waals surface area contributed by atoms with Gasteiger partial charge in [-0.15, -0.1) is 0 Å². The molecule has 3 aromatic rings. The van der Waals surface area contributed by atoms with Crippen molar-refractivity contribution >= 4 is 32.6 Å². The first-order chi connectivity index (χ1) is 14.2. The number of carbonyl (C=O) groups is 1. The lowest BCUT2D eigenvalue weighted by Crippen LogP contribution is -2.49. The summed E-state index contributed by atoms with van der Waals surface area (Å²) in [5.41, 5.74) is 1.93. The van der Waals surface area contributed by atoms with Gasteiger partial charge in [0, 0.05) is 26.2 Å². The van der Waals surface area contributed by atoms with Crippen LogP contribution in [-0.2, 0) is 11.2 Å². The normalized spacial score (nSPS) is 14.3. The van der Waals surface area contributed by atoms with Crippen molar-refractivity contribution in [1.82, 2.24) is 9.88 Å². The van der Waals surface area contributed by atoms with Crippen molar-refractivity contribution in [3.63, 3.8) is 0 Å². The summed E-state index contributed by atoms with van der Waals surface area (Å²) in [5, 5.41) is 0.995. The Morgan fingerprint density at radius 2 is 1.86 bits per heavy atom. The van der Waals surface area contributed by atoms with Gasteiger partial charge < -0.3 is 19.3 Å². The third-order valence-electron chi connectivity index (χ3n) is 5.09. The fourth-order valence-corrected chi connectivity index (χ4v) is 4.53. The van der Waals surface area contributed by atoms with Gasteiger partial charge in [-0.25, -0.2) is 4.98 Å². The minimum absolute atomic E-state index is 0.165. The topological polar surface area (TPSA) is 54.9 Å². The van der Waals surface area contributed by atoms with Gasteiger partial charge in [-0.05, 0) is 36.8 Å². The Bertz CT molecular complexity index is 979. The molecule has 0 atom stereocenters. The van der Waals surface area contributed by atoms with Crippen LogP contribution in [0.2, 0.25) is 0 Å². The Balaban J connectivity index is 1.38. The van der Waals surface area contributed by atoms with Gasteiger partial charge in [-0.1, -0.05) is 29.5 Å². The Kier molecular flexibility index (Phi) is 5.85. The smallest absolute Gasteiger partial charge is 0.227 e. The maximum atomic E-state index is 12.7. The minimum atomic E-state index is 0.165. The van der Waals surface area contributed by atoms with Crippen LogP contribution in [0.5, 0.6) is 11.5 Å². The van der Waals surface area contributed by atoms with Crippen molar-refractivity contribution in [3.8, 4) is 11.5 Å². The summed E-state index contributed by atoms with van der Waals surface area (Å²) in [6, 6.07) is 13.7. The molecule has 0 saturated carbocycles. The third-order valence-corrected chi connectivity index (χ3v) is 6.17. The summed E-state index contributed by atoms with van der Waals surface area (Å²) in [6.45, 7) is 5.61. The first-order valence-electron chi connectivity index (χ1n) is 9.86. The molecule has 0 radical (unpaired) electrons. The first kappa shape index (κ1) is 19.5. The van der Waals surface area contributed by atoms with E-state index in [0.717, 1.165) is 45.5 Å². The van der Waals surface area contributed by atoms with Crippen LogP contribution in [0.25, 0.3) is 10.2 Å². The Morgan fingerprint density at radius 3 is 2.55 bits per heavy atom. The van der Waals surface area contributed by atoms with Gasteiger partial charge in [0.25, 0.3) is 0 Å². The quantitative estimate of drug-likeness (QED) is 0.620. The molecule has 2 aromatic carbocycles. The highest BCUT2D eigenvalue weighted by molar-refractivity contribution is 7.22. The number of anilines is 1. The van der Waals surface area contributed by atoms with Crippen LogP contribution in [0, 0.1) is 0 Å². The van der Waals surface area contributed by atoms with E-state index in [1.165, 1.54) is 0 Å². The van der Waals surface area contributed by atoms with Gasteiger partial charge in [0.15, 0.2) is 5.13 Å². The molecule has 0 unspecified atom stereocenters. The van der Waals surface area contributed by atoms with Crippen molar-refractivity contribution in [2.45, 2.75) is 13.3 Å². The molecule has 1 amide bonds. The van der Waals surface area contributed by atoms with E-state index >= 15 is 0 Å². The van der Waals surface area contributed by atoms with E-state index in [1.807, 2.05) is 48.2 Å². The number of amides is 1. The lowest BCUT2D eigenvalue weighted by atomic mass is 10.1. The van der Waals surface area contributed by atoms with E-state index in [1.54, 1.807) is 18.4 Å². The molecule has 0 bridgehead atoms. The van der Waals surface area contributed by atoms with Crippen molar-refractivity contribution in [1.29, 1.82) is 0 Å². The molecule has 29 heavy (non-hydrogen) atoms. The molecule has 1 aliphatic heterocycles. The maximum Gasteiger partial charge on any atom is 0.227 e. The predicted octanol–water partition coefficient (Wildman–Crippen LogP) is 3.59. The molecule has 4 rings (SSSR count). The zero-order valence-electron chi connectivity index (χ0n) is 16.8. The Hall–Kier alpha value is -2.80. The lowest BCUT2D eigenvalue weighted by molar-refractivity contribution is -0.130. The van der Waals surface area contributed by atoms with Gasteiger partial charge in [-0.2, -0.15) is 0 Å². The largest absolute Gasteiger partial charge is 0.497 e. The summed E-state index contributed by atoms with van der Waals surface area (Å²) in [5.74, 6) is 1.80. The molecule has 0 N–H and O–H groups in total. The molecule has 0 aliphatic carbocycles. The maximum absolute atomic E-state index is 12.7.